The third-order valence-corrected chi connectivity index (χ3v) is 4.97. The van der Waals surface area contributed by atoms with E-state index in [4.69, 9.17) is 11.6 Å². The van der Waals surface area contributed by atoms with Gasteiger partial charge in [-0.15, -0.1) is 11.3 Å². The molecule has 114 valence electrons. The Kier molecular flexibility index (Phi) is 6.75. The molecule has 0 aliphatic rings. The topological polar surface area (TPSA) is 12.0 Å². The van der Waals surface area contributed by atoms with Crippen LogP contribution in [0, 0.1) is 5.92 Å². The molecule has 21 heavy (non-hydrogen) atoms. The van der Waals surface area contributed by atoms with Crippen LogP contribution in [0.25, 0.3) is 0 Å². The molecule has 2 rings (SSSR count). The molecule has 0 saturated heterocycles. The van der Waals surface area contributed by atoms with Gasteiger partial charge in [0, 0.05) is 15.9 Å². The van der Waals surface area contributed by atoms with E-state index in [2.05, 4.69) is 48.8 Å². The Morgan fingerprint density at radius 2 is 1.95 bits per heavy atom. The lowest BCUT2D eigenvalue weighted by Gasteiger charge is -2.20. The van der Waals surface area contributed by atoms with Crippen LogP contribution in [0.5, 0.6) is 0 Å². The number of nitrogens with one attached hydrogen (secondary N) is 1. The van der Waals surface area contributed by atoms with Crippen molar-refractivity contribution in [2.45, 2.75) is 39.2 Å². The Morgan fingerprint density at radius 3 is 2.62 bits per heavy atom. The molecule has 0 fully saturated rings. The molecule has 2 aromatic rings. The van der Waals surface area contributed by atoms with Crippen molar-refractivity contribution >= 4 is 22.9 Å². The van der Waals surface area contributed by atoms with Gasteiger partial charge in [0.1, 0.15) is 0 Å². The van der Waals surface area contributed by atoms with E-state index in [0.717, 1.165) is 24.4 Å². The number of thiophene rings is 1. The first-order chi connectivity index (χ1) is 10.1. The summed E-state index contributed by atoms with van der Waals surface area (Å²) in [7, 11) is 0. The zero-order valence-electron chi connectivity index (χ0n) is 12.8. The van der Waals surface area contributed by atoms with Gasteiger partial charge in [-0.05, 0) is 54.8 Å². The molecular formula is C18H24ClNS. The number of aryl methyl sites for hydroxylation is 1. The second-order valence-electron chi connectivity index (χ2n) is 5.84. The Morgan fingerprint density at radius 1 is 1.14 bits per heavy atom. The highest BCUT2D eigenvalue weighted by atomic mass is 35.5. The molecule has 0 amide bonds. The zero-order chi connectivity index (χ0) is 15.1. The van der Waals surface area contributed by atoms with Crippen LogP contribution >= 0.6 is 22.9 Å². The van der Waals surface area contributed by atoms with Crippen LogP contribution in [-0.2, 0) is 12.8 Å². The lowest BCUT2D eigenvalue weighted by molar-refractivity contribution is 0.423. The normalized spacial score (nSPS) is 12.8. The summed E-state index contributed by atoms with van der Waals surface area (Å²) in [4.78, 5) is 1.48. The molecule has 3 heteroatoms. The van der Waals surface area contributed by atoms with Crippen molar-refractivity contribution in [3.8, 4) is 0 Å². The molecule has 0 spiro atoms. The second-order valence-corrected chi connectivity index (χ2v) is 7.28. The summed E-state index contributed by atoms with van der Waals surface area (Å²) in [5, 5.41) is 6.63. The van der Waals surface area contributed by atoms with E-state index in [1.54, 1.807) is 0 Å². The number of halogens is 1. The summed E-state index contributed by atoms with van der Waals surface area (Å²) >= 11 is 8.16. The zero-order valence-corrected chi connectivity index (χ0v) is 14.4. The fourth-order valence-corrected chi connectivity index (χ4v) is 3.39. The van der Waals surface area contributed by atoms with Gasteiger partial charge in [0.2, 0.25) is 0 Å². The third-order valence-electron chi connectivity index (χ3n) is 3.66. The van der Waals surface area contributed by atoms with Crippen molar-refractivity contribution in [3.63, 3.8) is 0 Å². The molecule has 0 aliphatic heterocycles. The van der Waals surface area contributed by atoms with Gasteiger partial charge in [0.05, 0.1) is 0 Å². The molecule has 1 aromatic heterocycles. The van der Waals surface area contributed by atoms with Gasteiger partial charge in [-0.3, -0.25) is 0 Å². The van der Waals surface area contributed by atoms with E-state index < -0.39 is 0 Å². The van der Waals surface area contributed by atoms with E-state index in [1.807, 2.05) is 23.5 Å². The van der Waals surface area contributed by atoms with E-state index in [9.17, 15) is 0 Å². The standard InChI is InChI=1S/C18H24ClNS/c1-14(2)20-13-15(9-10-17-7-5-11-21-17)12-16-6-3-4-8-18(16)19/h3-8,11,14-15,20H,9-10,12-13H2,1-2H3. The minimum absolute atomic E-state index is 0.528. The van der Waals surface area contributed by atoms with E-state index >= 15 is 0 Å². The van der Waals surface area contributed by atoms with Crippen LogP contribution in [0.4, 0.5) is 0 Å². The Bertz CT molecular complexity index is 522. The first-order valence-corrected chi connectivity index (χ1v) is 8.90. The van der Waals surface area contributed by atoms with Crippen molar-refractivity contribution < 1.29 is 0 Å². The smallest absolute Gasteiger partial charge is 0.0438 e. The number of rotatable bonds is 8. The van der Waals surface area contributed by atoms with Crippen molar-refractivity contribution in [3.05, 3.63) is 57.2 Å². The van der Waals surface area contributed by atoms with Crippen LogP contribution in [0.1, 0.15) is 30.7 Å². The number of hydrogen-bond acceptors (Lipinski definition) is 2. The van der Waals surface area contributed by atoms with Crippen molar-refractivity contribution in [1.29, 1.82) is 0 Å². The van der Waals surface area contributed by atoms with Crippen LogP contribution in [0.3, 0.4) is 0 Å². The largest absolute Gasteiger partial charge is 0.314 e. The first kappa shape index (κ1) is 16.5. The van der Waals surface area contributed by atoms with Crippen molar-refractivity contribution in [2.75, 3.05) is 6.54 Å². The van der Waals surface area contributed by atoms with Gasteiger partial charge < -0.3 is 5.32 Å². The maximum absolute atomic E-state index is 6.31. The Balaban J connectivity index is 1.95. The highest BCUT2D eigenvalue weighted by Gasteiger charge is 2.13. The van der Waals surface area contributed by atoms with E-state index in [0.29, 0.717) is 12.0 Å². The van der Waals surface area contributed by atoms with Gasteiger partial charge in [0.25, 0.3) is 0 Å². The Labute approximate surface area is 137 Å². The number of hydrogen-bond donors (Lipinski definition) is 1. The minimum atomic E-state index is 0.528. The lowest BCUT2D eigenvalue weighted by Crippen LogP contribution is -2.30. The molecule has 1 nitrogen and oxygen atoms in total. The molecular weight excluding hydrogens is 298 g/mol. The molecule has 1 unspecified atom stereocenters. The third kappa shape index (κ3) is 5.82. The van der Waals surface area contributed by atoms with Crippen molar-refractivity contribution in [2.24, 2.45) is 5.92 Å². The summed E-state index contributed by atoms with van der Waals surface area (Å²) in [6.07, 6.45) is 3.41. The van der Waals surface area contributed by atoms with Gasteiger partial charge in [0.15, 0.2) is 0 Å². The number of benzene rings is 1. The summed E-state index contributed by atoms with van der Waals surface area (Å²) in [5.41, 5.74) is 1.26. The van der Waals surface area contributed by atoms with Crippen LogP contribution in [-0.4, -0.2) is 12.6 Å². The minimum Gasteiger partial charge on any atom is -0.314 e. The molecule has 0 bridgehead atoms. The maximum atomic E-state index is 6.31. The molecule has 0 aliphatic carbocycles. The molecule has 0 radical (unpaired) electrons. The average molecular weight is 322 g/mol. The van der Waals surface area contributed by atoms with E-state index in [1.165, 1.54) is 16.9 Å². The summed E-state index contributed by atoms with van der Waals surface area (Å²) in [5.74, 6) is 0.620. The first-order valence-electron chi connectivity index (χ1n) is 7.64. The highest BCUT2D eigenvalue weighted by molar-refractivity contribution is 7.09. The van der Waals surface area contributed by atoms with Gasteiger partial charge in [-0.1, -0.05) is 49.7 Å². The summed E-state index contributed by atoms with van der Waals surface area (Å²) in [6.45, 7) is 5.45. The SMILES string of the molecule is CC(C)NCC(CCc1cccs1)Cc1ccccc1Cl. The van der Waals surface area contributed by atoms with Crippen LogP contribution in [0.2, 0.25) is 5.02 Å². The summed E-state index contributed by atoms with van der Waals surface area (Å²) < 4.78 is 0. The fraction of sp³-hybridized carbons (Fsp3) is 0.444. The highest BCUT2D eigenvalue weighted by Crippen LogP contribution is 2.22. The molecule has 1 aromatic carbocycles. The molecule has 1 heterocycles. The fourth-order valence-electron chi connectivity index (χ4n) is 2.45. The lowest BCUT2D eigenvalue weighted by atomic mass is 9.94. The molecule has 1 atom stereocenters. The van der Waals surface area contributed by atoms with E-state index in [-0.39, 0.29) is 0 Å². The predicted octanol–water partition coefficient (Wildman–Crippen LogP) is 5.19. The quantitative estimate of drug-likeness (QED) is 0.705. The Hall–Kier alpha value is -0.830. The molecule has 1 N–H and O–H groups in total. The average Bonchev–Trinajstić information content (AvgIpc) is 2.97. The van der Waals surface area contributed by atoms with Crippen LogP contribution < -0.4 is 5.32 Å². The predicted molar refractivity (Wildman–Crippen MR) is 94.4 cm³/mol. The van der Waals surface area contributed by atoms with Gasteiger partial charge >= 0.3 is 0 Å². The second kappa shape index (κ2) is 8.57. The van der Waals surface area contributed by atoms with Gasteiger partial charge in [-0.2, -0.15) is 0 Å². The van der Waals surface area contributed by atoms with Crippen LogP contribution in [0.15, 0.2) is 41.8 Å². The summed E-state index contributed by atoms with van der Waals surface area (Å²) in [6, 6.07) is 13.1. The molecule has 0 saturated carbocycles. The monoisotopic (exact) mass is 321 g/mol. The van der Waals surface area contributed by atoms with Crippen molar-refractivity contribution in [1.82, 2.24) is 5.32 Å². The van der Waals surface area contributed by atoms with Gasteiger partial charge in [-0.25, -0.2) is 0 Å². The maximum Gasteiger partial charge on any atom is 0.0438 e.